The van der Waals surface area contributed by atoms with Crippen LogP contribution in [0.15, 0.2) is 24.3 Å². The summed E-state index contributed by atoms with van der Waals surface area (Å²) >= 11 is 0. The lowest BCUT2D eigenvalue weighted by molar-refractivity contribution is 0.548. The molecule has 5 nitrogen and oxygen atoms in total. The van der Waals surface area contributed by atoms with Gasteiger partial charge in [-0.25, -0.2) is 4.68 Å². The molecule has 2 N–H and O–H groups in total. The second-order valence-electron chi connectivity index (χ2n) is 4.92. The van der Waals surface area contributed by atoms with Crippen molar-refractivity contribution in [2.24, 2.45) is 5.92 Å². The fraction of sp³-hybridized carbons (Fsp3) is 0.462. The summed E-state index contributed by atoms with van der Waals surface area (Å²) in [5.41, 5.74) is 7.53. The second-order valence-corrected chi connectivity index (χ2v) is 4.92. The Morgan fingerprint density at radius 2 is 2.33 bits per heavy atom. The van der Waals surface area contributed by atoms with Crippen molar-refractivity contribution in [3.05, 3.63) is 24.3 Å². The summed E-state index contributed by atoms with van der Waals surface area (Å²) in [6.45, 7) is 2.22. The largest absolute Gasteiger partial charge is 0.399 e. The minimum Gasteiger partial charge on any atom is -0.399 e. The Labute approximate surface area is 106 Å². The molecule has 1 fully saturated rings. The molecule has 2 aromatic rings. The summed E-state index contributed by atoms with van der Waals surface area (Å²) in [5.74, 6) is 1.56. The molecule has 0 saturated heterocycles. The third-order valence-corrected chi connectivity index (χ3v) is 3.50. The number of nitrogens with zero attached hydrogens (tertiary/aromatic N) is 4. The van der Waals surface area contributed by atoms with Crippen LogP contribution in [0.3, 0.4) is 0 Å². The summed E-state index contributed by atoms with van der Waals surface area (Å²) in [4.78, 5) is 0. The SMILES string of the molecule is CCCC1CC1n1nnnc1-c1cccc(N)c1. The van der Waals surface area contributed by atoms with Crippen molar-refractivity contribution in [3.8, 4) is 11.4 Å². The van der Waals surface area contributed by atoms with Crippen LogP contribution in [0.2, 0.25) is 0 Å². The Kier molecular flexibility index (Phi) is 2.74. The molecule has 1 aromatic heterocycles. The van der Waals surface area contributed by atoms with E-state index < -0.39 is 0 Å². The van der Waals surface area contributed by atoms with Crippen LogP contribution in [0.1, 0.15) is 32.2 Å². The van der Waals surface area contributed by atoms with Crippen LogP contribution in [0, 0.1) is 5.92 Å². The molecule has 0 radical (unpaired) electrons. The summed E-state index contributed by atoms with van der Waals surface area (Å²) < 4.78 is 1.95. The van der Waals surface area contributed by atoms with E-state index in [4.69, 9.17) is 5.73 Å². The van der Waals surface area contributed by atoms with E-state index in [1.165, 1.54) is 19.3 Å². The van der Waals surface area contributed by atoms with E-state index in [-0.39, 0.29) is 0 Å². The van der Waals surface area contributed by atoms with Gasteiger partial charge in [0.15, 0.2) is 5.82 Å². The molecule has 1 aliphatic carbocycles. The summed E-state index contributed by atoms with van der Waals surface area (Å²) in [7, 11) is 0. The molecule has 0 aliphatic heterocycles. The van der Waals surface area contributed by atoms with E-state index in [1.807, 2.05) is 28.9 Å². The van der Waals surface area contributed by atoms with Gasteiger partial charge in [0.1, 0.15) is 0 Å². The van der Waals surface area contributed by atoms with Gasteiger partial charge in [-0.15, -0.1) is 5.10 Å². The highest BCUT2D eigenvalue weighted by molar-refractivity contribution is 5.60. The van der Waals surface area contributed by atoms with Crippen molar-refractivity contribution in [1.29, 1.82) is 0 Å². The molecule has 1 saturated carbocycles. The Morgan fingerprint density at radius 3 is 3.11 bits per heavy atom. The molecule has 2 unspecified atom stereocenters. The first-order valence-electron chi connectivity index (χ1n) is 6.43. The molecule has 0 bridgehead atoms. The Hall–Kier alpha value is -1.91. The van der Waals surface area contributed by atoms with E-state index in [0.29, 0.717) is 6.04 Å². The number of benzene rings is 1. The number of nitrogens with two attached hydrogens (primary N) is 1. The van der Waals surface area contributed by atoms with Crippen molar-refractivity contribution in [1.82, 2.24) is 20.2 Å². The molecule has 0 spiro atoms. The average molecular weight is 243 g/mol. The van der Waals surface area contributed by atoms with E-state index >= 15 is 0 Å². The highest BCUT2D eigenvalue weighted by Crippen LogP contribution is 2.47. The van der Waals surface area contributed by atoms with Crippen LogP contribution in [0.25, 0.3) is 11.4 Å². The number of tetrazole rings is 1. The molecule has 0 amide bonds. The van der Waals surface area contributed by atoms with Crippen molar-refractivity contribution in [2.75, 3.05) is 5.73 Å². The monoisotopic (exact) mass is 243 g/mol. The smallest absolute Gasteiger partial charge is 0.182 e. The van der Waals surface area contributed by atoms with Crippen molar-refractivity contribution in [2.45, 2.75) is 32.2 Å². The number of aromatic nitrogens is 4. The first-order valence-corrected chi connectivity index (χ1v) is 6.43. The van der Waals surface area contributed by atoms with Gasteiger partial charge >= 0.3 is 0 Å². The van der Waals surface area contributed by atoms with Gasteiger partial charge in [-0.1, -0.05) is 25.5 Å². The summed E-state index contributed by atoms with van der Waals surface area (Å²) in [5, 5.41) is 12.1. The minimum atomic E-state index is 0.469. The minimum absolute atomic E-state index is 0.469. The van der Waals surface area contributed by atoms with E-state index in [1.54, 1.807) is 0 Å². The van der Waals surface area contributed by atoms with E-state index in [0.717, 1.165) is 23.0 Å². The van der Waals surface area contributed by atoms with Crippen molar-refractivity contribution in [3.63, 3.8) is 0 Å². The molecule has 1 aliphatic rings. The normalized spacial score (nSPS) is 22.1. The van der Waals surface area contributed by atoms with Gasteiger partial charge in [-0.05, 0) is 41.3 Å². The zero-order valence-corrected chi connectivity index (χ0v) is 10.5. The Morgan fingerprint density at radius 1 is 1.44 bits per heavy atom. The van der Waals surface area contributed by atoms with Crippen LogP contribution in [-0.4, -0.2) is 20.2 Å². The quantitative estimate of drug-likeness (QED) is 0.836. The van der Waals surface area contributed by atoms with Crippen molar-refractivity contribution >= 4 is 5.69 Å². The highest BCUT2D eigenvalue weighted by Gasteiger charge is 2.40. The lowest BCUT2D eigenvalue weighted by Gasteiger charge is -2.04. The second kappa shape index (κ2) is 4.40. The maximum absolute atomic E-state index is 5.80. The fourth-order valence-electron chi connectivity index (χ4n) is 2.50. The first kappa shape index (κ1) is 11.2. The maximum Gasteiger partial charge on any atom is 0.182 e. The summed E-state index contributed by atoms with van der Waals surface area (Å²) in [6, 6.07) is 8.18. The number of rotatable bonds is 4. The lowest BCUT2D eigenvalue weighted by Crippen LogP contribution is -2.02. The van der Waals surface area contributed by atoms with Crippen LogP contribution in [-0.2, 0) is 0 Å². The van der Waals surface area contributed by atoms with Gasteiger partial charge in [0, 0.05) is 11.3 Å². The van der Waals surface area contributed by atoms with E-state index in [9.17, 15) is 0 Å². The highest BCUT2D eigenvalue weighted by atomic mass is 15.6. The zero-order valence-electron chi connectivity index (χ0n) is 10.5. The molecule has 2 atom stereocenters. The first-order chi connectivity index (χ1) is 8.79. The standard InChI is InChI=1S/C13H17N5/c1-2-4-9-8-12(9)18-13(15-16-17-18)10-5-3-6-11(14)7-10/h3,5-7,9,12H,2,4,8,14H2,1H3. The maximum atomic E-state index is 5.80. The third-order valence-electron chi connectivity index (χ3n) is 3.50. The van der Waals surface area contributed by atoms with Crippen molar-refractivity contribution < 1.29 is 0 Å². The van der Waals surface area contributed by atoms with E-state index in [2.05, 4.69) is 22.4 Å². The van der Waals surface area contributed by atoms with Crippen LogP contribution in [0.5, 0.6) is 0 Å². The number of anilines is 1. The zero-order chi connectivity index (χ0) is 12.5. The van der Waals surface area contributed by atoms with Crippen LogP contribution in [0.4, 0.5) is 5.69 Å². The van der Waals surface area contributed by atoms with Crippen LogP contribution < -0.4 is 5.73 Å². The Balaban J connectivity index is 1.89. The average Bonchev–Trinajstić information content (AvgIpc) is 2.95. The molecule has 94 valence electrons. The number of hydrogen-bond donors (Lipinski definition) is 1. The predicted octanol–water partition coefficient (Wildman–Crippen LogP) is 2.28. The van der Waals surface area contributed by atoms with Gasteiger partial charge in [0.2, 0.25) is 0 Å². The molecular weight excluding hydrogens is 226 g/mol. The molecule has 3 rings (SSSR count). The summed E-state index contributed by atoms with van der Waals surface area (Å²) in [6.07, 6.45) is 3.66. The lowest BCUT2D eigenvalue weighted by atomic mass is 10.2. The molecule has 18 heavy (non-hydrogen) atoms. The van der Waals surface area contributed by atoms with Gasteiger partial charge in [-0.2, -0.15) is 0 Å². The molecular formula is C13H17N5. The molecule has 1 aromatic carbocycles. The van der Waals surface area contributed by atoms with Crippen LogP contribution >= 0.6 is 0 Å². The molecule has 1 heterocycles. The van der Waals surface area contributed by atoms with Gasteiger partial charge in [0.25, 0.3) is 0 Å². The predicted molar refractivity (Wildman–Crippen MR) is 69.7 cm³/mol. The topological polar surface area (TPSA) is 69.6 Å². The fourth-order valence-corrected chi connectivity index (χ4v) is 2.50. The van der Waals surface area contributed by atoms with Gasteiger partial charge < -0.3 is 5.73 Å². The van der Waals surface area contributed by atoms with Gasteiger partial charge in [-0.3, -0.25) is 0 Å². The molecule has 5 heteroatoms. The third kappa shape index (κ3) is 1.96. The van der Waals surface area contributed by atoms with Gasteiger partial charge in [0.05, 0.1) is 6.04 Å². The Bertz CT molecular complexity index is 548. The number of hydrogen-bond acceptors (Lipinski definition) is 4. The number of nitrogen functional groups attached to an aromatic ring is 1.